The Bertz CT molecular complexity index is 850. The van der Waals surface area contributed by atoms with Gasteiger partial charge in [0.15, 0.2) is 11.0 Å². The summed E-state index contributed by atoms with van der Waals surface area (Å²) in [6.07, 6.45) is 5.01. The van der Waals surface area contributed by atoms with Crippen molar-refractivity contribution in [2.75, 3.05) is 11.1 Å². The predicted molar refractivity (Wildman–Crippen MR) is 90.4 cm³/mol. The molecule has 1 amide bonds. The van der Waals surface area contributed by atoms with Crippen LogP contribution in [-0.4, -0.2) is 41.4 Å². The molecule has 9 heteroatoms. The molecule has 1 N–H and O–H groups in total. The van der Waals surface area contributed by atoms with Gasteiger partial charge >= 0.3 is 0 Å². The topological polar surface area (TPSA) is 98.5 Å². The van der Waals surface area contributed by atoms with E-state index in [0.29, 0.717) is 11.1 Å². The van der Waals surface area contributed by atoms with Crippen LogP contribution in [0.5, 0.6) is 0 Å². The Balaban J connectivity index is 1.63. The molecule has 122 valence electrons. The van der Waals surface area contributed by atoms with Crippen molar-refractivity contribution in [2.24, 2.45) is 7.05 Å². The van der Waals surface area contributed by atoms with Gasteiger partial charge in [0, 0.05) is 36.9 Å². The van der Waals surface area contributed by atoms with E-state index in [2.05, 4.69) is 30.5 Å². The smallest absolute Gasteiger partial charge is 0.237 e. The number of thioether (sulfide) groups is 1. The Morgan fingerprint density at radius 3 is 2.75 bits per heavy atom. The molecule has 0 aliphatic heterocycles. The lowest BCUT2D eigenvalue weighted by atomic mass is 10.2. The lowest BCUT2D eigenvalue weighted by molar-refractivity contribution is -0.113. The molecule has 0 aromatic carbocycles. The van der Waals surface area contributed by atoms with Crippen LogP contribution in [0, 0.1) is 6.92 Å². The van der Waals surface area contributed by atoms with Gasteiger partial charge in [0.2, 0.25) is 11.9 Å². The fourth-order valence-corrected chi connectivity index (χ4v) is 2.70. The normalized spacial score (nSPS) is 10.6. The average molecular weight is 341 g/mol. The fourth-order valence-electron chi connectivity index (χ4n) is 1.99. The Kier molecular flexibility index (Phi) is 4.80. The number of pyridine rings is 1. The molecule has 0 aliphatic carbocycles. The minimum atomic E-state index is -0.195. The van der Waals surface area contributed by atoms with Gasteiger partial charge in [-0.25, -0.2) is 9.97 Å². The second-order valence-electron chi connectivity index (χ2n) is 4.96. The minimum Gasteiger partial charge on any atom is -0.305 e. The number of nitrogens with one attached hydrogen (secondary N) is 1. The number of amides is 1. The molecular formula is C15H15N7OS. The van der Waals surface area contributed by atoms with Gasteiger partial charge in [-0.15, -0.1) is 10.2 Å². The van der Waals surface area contributed by atoms with Crippen LogP contribution in [0.3, 0.4) is 0 Å². The van der Waals surface area contributed by atoms with Crippen LogP contribution in [0.15, 0.2) is 41.9 Å². The maximum absolute atomic E-state index is 12.0. The Morgan fingerprint density at radius 2 is 2.00 bits per heavy atom. The van der Waals surface area contributed by atoms with Crippen molar-refractivity contribution in [3.05, 3.63) is 42.5 Å². The van der Waals surface area contributed by atoms with Gasteiger partial charge < -0.3 is 4.57 Å². The predicted octanol–water partition coefficient (Wildman–Crippen LogP) is 1.71. The molecule has 24 heavy (non-hydrogen) atoms. The molecule has 0 atom stereocenters. The first-order valence-corrected chi connectivity index (χ1v) is 8.14. The van der Waals surface area contributed by atoms with Crippen molar-refractivity contribution in [2.45, 2.75) is 12.1 Å². The number of nitrogens with zero attached hydrogens (tertiary/aromatic N) is 6. The van der Waals surface area contributed by atoms with E-state index in [1.807, 2.05) is 30.7 Å². The van der Waals surface area contributed by atoms with Gasteiger partial charge in [0.25, 0.3) is 0 Å². The van der Waals surface area contributed by atoms with Crippen LogP contribution in [0.4, 0.5) is 5.95 Å². The summed E-state index contributed by atoms with van der Waals surface area (Å²) in [5, 5.41) is 11.6. The van der Waals surface area contributed by atoms with Crippen LogP contribution in [0.1, 0.15) is 5.69 Å². The first-order valence-electron chi connectivity index (χ1n) is 7.15. The van der Waals surface area contributed by atoms with Gasteiger partial charge in [-0.2, -0.15) is 0 Å². The quantitative estimate of drug-likeness (QED) is 0.705. The van der Waals surface area contributed by atoms with Gasteiger partial charge in [-0.05, 0) is 25.1 Å². The Labute approximate surface area is 142 Å². The van der Waals surface area contributed by atoms with Gasteiger partial charge in [0.1, 0.15) is 0 Å². The maximum Gasteiger partial charge on any atom is 0.237 e. The van der Waals surface area contributed by atoms with Crippen LogP contribution >= 0.6 is 11.8 Å². The Hall–Kier alpha value is -2.81. The molecule has 8 nitrogen and oxygen atoms in total. The fraction of sp³-hybridized carbons (Fsp3) is 0.200. The molecule has 0 saturated heterocycles. The second kappa shape index (κ2) is 7.18. The lowest BCUT2D eigenvalue weighted by Gasteiger charge is -2.05. The zero-order valence-corrected chi connectivity index (χ0v) is 14.0. The third-order valence-corrected chi connectivity index (χ3v) is 4.17. The lowest BCUT2D eigenvalue weighted by Crippen LogP contribution is -2.16. The van der Waals surface area contributed by atoms with E-state index < -0.39 is 0 Å². The number of rotatable bonds is 5. The maximum atomic E-state index is 12.0. The van der Waals surface area contributed by atoms with Crippen molar-refractivity contribution in [3.63, 3.8) is 0 Å². The number of hydrogen-bond donors (Lipinski definition) is 1. The highest BCUT2D eigenvalue weighted by atomic mass is 32.2. The van der Waals surface area contributed by atoms with E-state index in [1.54, 1.807) is 24.7 Å². The third-order valence-electron chi connectivity index (χ3n) is 3.15. The molecule has 0 unspecified atom stereocenters. The standard InChI is InChI=1S/C15H15N7OS/c1-10-3-8-17-14(18-10)19-12(23)9-24-15-21-20-13(22(15)2)11-4-6-16-7-5-11/h3-8H,9H2,1-2H3,(H,17,18,19,23). The van der Waals surface area contributed by atoms with E-state index in [4.69, 9.17) is 0 Å². The average Bonchev–Trinajstić information content (AvgIpc) is 2.94. The number of carbonyl (C=O) groups excluding carboxylic acids is 1. The van der Waals surface area contributed by atoms with Crippen LogP contribution in [0.25, 0.3) is 11.4 Å². The summed E-state index contributed by atoms with van der Waals surface area (Å²) < 4.78 is 1.84. The van der Waals surface area contributed by atoms with Gasteiger partial charge in [-0.3, -0.25) is 15.1 Å². The largest absolute Gasteiger partial charge is 0.305 e. The zero-order chi connectivity index (χ0) is 16.9. The number of anilines is 1. The Morgan fingerprint density at radius 1 is 1.21 bits per heavy atom. The van der Waals surface area contributed by atoms with E-state index in [0.717, 1.165) is 17.1 Å². The number of carbonyl (C=O) groups is 1. The summed E-state index contributed by atoms with van der Waals surface area (Å²) >= 11 is 1.30. The van der Waals surface area contributed by atoms with Crippen molar-refractivity contribution in [1.82, 2.24) is 29.7 Å². The van der Waals surface area contributed by atoms with Crippen molar-refractivity contribution < 1.29 is 4.79 Å². The van der Waals surface area contributed by atoms with E-state index in [9.17, 15) is 4.79 Å². The molecule has 0 radical (unpaired) electrons. The minimum absolute atomic E-state index is 0.194. The summed E-state index contributed by atoms with van der Waals surface area (Å²) in [6, 6.07) is 5.49. The molecule has 3 heterocycles. The summed E-state index contributed by atoms with van der Waals surface area (Å²) in [4.78, 5) is 24.1. The zero-order valence-electron chi connectivity index (χ0n) is 13.2. The second-order valence-corrected chi connectivity index (χ2v) is 5.90. The summed E-state index contributed by atoms with van der Waals surface area (Å²) in [7, 11) is 1.86. The molecule has 0 spiro atoms. The SMILES string of the molecule is Cc1ccnc(NC(=O)CSc2nnc(-c3ccncc3)n2C)n1. The van der Waals surface area contributed by atoms with Gasteiger partial charge in [0.05, 0.1) is 5.75 Å². The highest BCUT2D eigenvalue weighted by Crippen LogP contribution is 2.22. The van der Waals surface area contributed by atoms with Crippen molar-refractivity contribution in [1.29, 1.82) is 0 Å². The molecule has 0 fully saturated rings. The van der Waals surface area contributed by atoms with Crippen LogP contribution in [-0.2, 0) is 11.8 Å². The first kappa shape index (κ1) is 16.1. The summed E-state index contributed by atoms with van der Waals surface area (Å²) in [6.45, 7) is 1.84. The molecular weight excluding hydrogens is 326 g/mol. The molecule has 3 rings (SSSR count). The van der Waals surface area contributed by atoms with Gasteiger partial charge in [-0.1, -0.05) is 11.8 Å². The number of aromatic nitrogens is 6. The van der Waals surface area contributed by atoms with E-state index in [-0.39, 0.29) is 11.7 Å². The molecule has 3 aromatic rings. The highest BCUT2D eigenvalue weighted by Gasteiger charge is 2.13. The van der Waals surface area contributed by atoms with Crippen molar-refractivity contribution >= 4 is 23.6 Å². The van der Waals surface area contributed by atoms with E-state index >= 15 is 0 Å². The van der Waals surface area contributed by atoms with E-state index in [1.165, 1.54) is 11.8 Å². The molecule has 0 saturated carbocycles. The summed E-state index contributed by atoms with van der Waals surface area (Å²) in [5.74, 6) is 1.03. The van der Waals surface area contributed by atoms with Crippen LogP contribution in [0.2, 0.25) is 0 Å². The molecule has 3 aromatic heterocycles. The number of aryl methyl sites for hydroxylation is 1. The number of hydrogen-bond acceptors (Lipinski definition) is 7. The molecule has 0 bridgehead atoms. The highest BCUT2D eigenvalue weighted by molar-refractivity contribution is 7.99. The monoisotopic (exact) mass is 341 g/mol. The first-order chi connectivity index (χ1) is 11.6. The third kappa shape index (κ3) is 3.74. The summed E-state index contributed by atoms with van der Waals surface area (Å²) in [5.41, 5.74) is 1.72. The molecule has 0 aliphatic rings. The van der Waals surface area contributed by atoms with Crippen LogP contribution < -0.4 is 5.32 Å². The van der Waals surface area contributed by atoms with Crippen molar-refractivity contribution in [3.8, 4) is 11.4 Å².